The normalized spacial score (nSPS) is 17.5. The van der Waals surface area contributed by atoms with Crippen LogP contribution in [0.2, 0.25) is 5.02 Å². The fourth-order valence-electron chi connectivity index (χ4n) is 2.18. The molecule has 6 heteroatoms. The number of nitrogens with zero attached hydrogens (tertiary/aromatic N) is 1. The number of amides is 1. The van der Waals surface area contributed by atoms with E-state index in [0.29, 0.717) is 18.1 Å². The highest BCUT2D eigenvalue weighted by Crippen LogP contribution is 2.22. The number of halogens is 1. The highest BCUT2D eigenvalue weighted by molar-refractivity contribution is 7.92. The molecular weight excluding hydrogens is 286 g/mol. The molecule has 0 N–H and O–H groups in total. The Kier molecular flexibility index (Phi) is 4.16. The first-order valence-corrected chi connectivity index (χ1v) is 8.13. The molecule has 2 rings (SSSR count). The second-order valence-corrected chi connectivity index (χ2v) is 7.38. The molecular formula is C13H16ClNO3S. The van der Waals surface area contributed by atoms with E-state index in [4.69, 9.17) is 11.6 Å². The number of hydrogen-bond acceptors (Lipinski definition) is 3. The van der Waals surface area contributed by atoms with E-state index >= 15 is 0 Å². The van der Waals surface area contributed by atoms with Crippen molar-refractivity contribution in [1.82, 2.24) is 4.90 Å². The number of benzene rings is 1. The first-order valence-electron chi connectivity index (χ1n) is 6.21. The van der Waals surface area contributed by atoms with E-state index in [1.54, 1.807) is 17.0 Å². The Morgan fingerprint density at radius 3 is 2.53 bits per heavy atom. The van der Waals surface area contributed by atoms with Crippen LogP contribution in [0.25, 0.3) is 0 Å². The first kappa shape index (κ1) is 14.3. The summed E-state index contributed by atoms with van der Waals surface area (Å²) < 4.78 is 24.8. The lowest BCUT2D eigenvalue weighted by molar-refractivity contribution is -0.129. The summed E-state index contributed by atoms with van der Waals surface area (Å²) >= 11 is 5.80. The zero-order valence-corrected chi connectivity index (χ0v) is 12.2. The first-order chi connectivity index (χ1) is 8.93. The standard InChI is InChI=1S/C13H16ClNO3S/c1-10(13(16)15-7-2-3-8-15)19(17,18)12-6-4-5-11(14)9-12/h4-6,9-10H,2-3,7-8H2,1H3. The third-order valence-corrected chi connectivity index (χ3v) is 5.63. The van der Waals surface area contributed by atoms with Gasteiger partial charge in [0, 0.05) is 18.1 Å². The molecule has 0 spiro atoms. The molecule has 1 aromatic rings. The fourth-order valence-corrected chi connectivity index (χ4v) is 3.81. The molecule has 1 aliphatic heterocycles. The van der Waals surface area contributed by atoms with Crippen molar-refractivity contribution < 1.29 is 13.2 Å². The smallest absolute Gasteiger partial charge is 0.241 e. The minimum atomic E-state index is -3.67. The van der Waals surface area contributed by atoms with Gasteiger partial charge in [-0.15, -0.1) is 0 Å². The van der Waals surface area contributed by atoms with Crippen molar-refractivity contribution in [2.45, 2.75) is 29.9 Å². The quantitative estimate of drug-likeness (QED) is 0.859. The van der Waals surface area contributed by atoms with Crippen LogP contribution in [0.1, 0.15) is 19.8 Å². The summed E-state index contributed by atoms with van der Waals surface area (Å²) in [4.78, 5) is 13.9. The van der Waals surface area contributed by atoms with E-state index in [2.05, 4.69) is 0 Å². The summed E-state index contributed by atoms with van der Waals surface area (Å²) in [6, 6.07) is 6.02. The minimum absolute atomic E-state index is 0.0973. The minimum Gasteiger partial charge on any atom is -0.342 e. The second-order valence-electron chi connectivity index (χ2n) is 4.68. The molecule has 1 aliphatic rings. The average molecular weight is 302 g/mol. The largest absolute Gasteiger partial charge is 0.342 e. The predicted octanol–water partition coefficient (Wildman–Crippen LogP) is 2.12. The van der Waals surface area contributed by atoms with Crippen LogP contribution in [0.3, 0.4) is 0 Å². The van der Waals surface area contributed by atoms with Gasteiger partial charge in [0.05, 0.1) is 4.90 Å². The van der Waals surface area contributed by atoms with Crippen LogP contribution in [-0.2, 0) is 14.6 Å². The van der Waals surface area contributed by atoms with Gasteiger partial charge in [0.15, 0.2) is 9.84 Å². The van der Waals surface area contributed by atoms with Crippen molar-refractivity contribution in [2.24, 2.45) is 0 Å². The third kappa shape index (κ3) is 2.92. The van der Waals surface area contributed by atoms with Crippen molar-refractivity contribution in [3.8, 4) is 0 Å². The lowest BCUT2D eigenvalue weighted by atomic mass is 10.4. The summed E-state index contributed by atoms with van der Waals surface area (Å²) in [6.07, 6.45) is 1.88. The van der Waals surface area contributed by atoms with Gasteiger partial charge in [0.1, 0.15) is 5.25 Å². The molecule has 1 fully saturated rings. The number of rotatable bonds is 3. The van der Waals surface area contributed by atoms with Gasteiger partial charge in [0.25, 0.3) is 0 Å². The van der Waals surface area contributed by atoms with Crippen LogP contribution in [0.5, 0.6) is 0 Å². The molecule has 0 aliphatic carbocycles. The summed E-state index contributed by atoms with van der Waals surface area (Å²) in [6.45, 7) is 2.74. The molecule has 0 radical (unpaired) electrons. The number of hydrogen-bond donors (Lipinski definition) is 0. The maximum atomic E-state index is 12.4. The Balaban J connectivity index is 2.26. The molecule has 1 unspecified atom stereocenters. The lowest BCUT2D eigenvalue weighted by Gasteiger charge is -2.20. The Morgan fingerprint density at radius 2 is 1.95 bits per heavy atom. The molecule has 1 amide bonds. The van der Waals surface area contributed by atoms with E-state index in [1.807, 2.05) is 0 Å². The van der Waals surface area contributed by atoms with Crippen molar-refractivity contribution in [1.29, 1.82) is 0 Å². The Labute approximate surface area is 118 Å². The average Bonchev–Trinajstić information content (AvgIpc) is 2.90. The number of carbonyl (C=O) groups excluding carboxylic acids is 1. The van der Waals surface area contributed by atoms with Gasteiger partial charge in [-0.1, -0.05) is 17.7 Å². The summed E-state index contributed by atoms with van der Waals surface area (Å²) in [5.41, 5.74) is 0. The van der Waals surface area contributed by atoms with E-state index in [0.717, 1.165) is 12.8 Å². The van der Waals surface area contributed by atoms with Gasteiger partial charge in [0.2, 0.25) is 5.91 Å². The van der Waals surface area contributed by atoms with Crippen molar-refractivity contribution in [2.75, 3.05) is 13.1 Å². The predicted molar refractivity (Wildman–Crippen MR) is 73.9 cm³/mol. The Hall–Kier alpha value is -1.07. The Morgan fingerprint density at radius 1 is 1.32 bits per heavy atom. The molecule has 104 valence electrons. The molecule has 0 bridgehead atoms. The molecule has 1 heterocycles. The van der Waals surface area contributed by atoms with Crippen molar-refractivity contribution in [3.63, 3.8) is 0 Å². The van der Waals surface area contributed by atoms with Gasteiger partial charge in [-0.25, -0.2) is 8.42 Å². The lowest BCUT2D eigenvalue weighted by Crippen LogP contribution is -2.39. The molecule has 0 aromatic heterocycles. The van der Waals surface area contributed by atoms with Gasteiger partial charge < -0.3 is 4.90 Å². The number of carbonyl (C=O) groups is 1. The van der Waals surface area contributed by atoms with Crippen LogP contribution in [0.4, 0.5) is 0 Å². The summed E-state index contributed by atoms with van der Waals surface area (Å²) in [5.74, 6) is -0.322. The Bertz CT molecular complexity index is 579. The highest BCUT2D eigenvalue weighted by atomic mass is 35.5. The molecule has 19 heavy (non-hydrogen) atoms. The van der Waals surface area contributed by atoms with Gasteiger partial charge >= 0.3 is 0 Å². The molecule has 1 aromatic carbocycles. The zero-order valence-electron chi connectivity index (χ0n) is 10.7. The van der Waals surface area contributed by atoms with Crippen LogP contribution in [0, 0.1) is 0 Å². The number of sulfone groups is 1. The molecule has 1 atom stereocenters. The van der Waals surface area contributed by atoms with Crippen LogP contribution in [-0.4, -0.2) is 37.6 Å². The molecule has 0 saturated carbocycles. The number of likely N-dealkylation sites (tertiary alicyclic amines) is 1. The SMILES string of the molecule is CC(C(=O)N1CCCC1)S(=O)(=O)c1cccc(Cl)c1. The topological polar surface area (TPSA) is 54.5 Å². The summed E-state index contributed by atoms with van der Waals surface area (Å²) in [5, 5.41) is -0.717. The van der Waals surface area contributed by atoms with Crippen LogP contribution in [0.15, 0.2) is 29.2 Å². The van der Waals surface area contributed by atoms with Gasteiger partial charge in [-0.05, 0) is 38.0 Å². The maximum absolute atomic E-state index is 12.4. The van der Waals surface area contributed by atoms with E-state index < -0.39 is 15.1 Å². The van der Waals surface area contributed by atoms with Crippen LogP contribution >= 0.6 is 11.6 Å². The second kappa shape index (κ2) is 5.51. The van der Waals surface area contributed by atoms with Gasteiger partial charge in [-0.2, -0.15) is 0 Å². The zero-order chi connectivity index (χ0) is 14.0. The van der Waals surface area contributed by atoms with Gasteiger partial charge in [-0.3, -0.25) is 4.79 Å². The molecule has 1 saturated heterocycles. The van der Waals surface area contributed by atoms with E-state index in [1.165, 1.54) is 19.1 Å². The monoisotopic (exact) mass is 301 g/mol. The third-order valence-electron chi connectivity index (χ3n) is 3.36. The maximum Gasteiger partial charge on any atom is 0.241 e. The fraction of sp³-hybridized carbons (Fsp3) is 0.462. The molecule has 4 nitrogen and oxygen atoms in total. The highest BCUT2D eigenvalue weighted by Gasteiger charge is 2.33. The van der Waals surface area contributed by atoms with E-state index in [9.17, 15) is 13.2 Å². The van der Waals surface area contributed by atoms with Crippen molar-refractivity contribution in [3.05, 3.63) is 29.3 Å². The van der Waals surface area contributed by atoms with E-state index in [-0.39, 0.29) is 10.8 Å². The summed E-state index contributed by atoms with van der Waals surface area (Å²) in [7, 11) is -3.67. The van der Waals surface area contributed by atoms with Crippen molar-refractivity contribution >= 4 is 27.3 Å². The van der Waals surface area contributed by atoms with Crippen LogP contribution < -0.4 is 0 Å².